The number of halogens is 1. The van der Waals surface area contributed by atoms with E-state index in [4.69, 9.17) is 0 Å². The van der Waals surface area contributed by atoms with E-state index in [9.17, 15) is 14.0 Å². The fraction of sp³-hybridized carbons (Fsp3) is 0.333. The summed E-state index contributed by atoms with van der Waals surface area (Å²) in [7, 11) is 0. The molecule has 0 atom stereocenters. The van der Waals surface area contributed by atoms with Gasteiger partial charge in [-0.25, -0.2) is 14.1 Å². The van der Waals surface area contributed by atoms with Gasteiger partial charge in [-0.1, -0.05) is 30.3 Å². The highest BCUT2D eigenvalue weighted by Crippen LogP contribution is 2.39. The summed E-state index contributed by atoms with van der Waals surface area (Å²) in [5.74, 6) is 0.234. The molecule has 1 aromatic heterocycles. The smallest absolute Gasteiger partial charge is 0.293 e. The minimum Gasteiger partial charge on any atom is -0.337 e. The molecule has 1 saturated carbocycles. The maximum absolute atomic E-state index is 14.0. The van der Waals surface area contributed by atoms with E-state index in [1.54, 1.807) is 26.6 Å². The lowest BCUT2D eigenvalue weighted by atomic mass is 10.2. The predicted octanol–water partition coefficient (Wildman–Crippen LogP) is 3.27. The van der Waals surface area contributed by atoms with E-state index in [1.165, 1.54) is 12.1 Å². The molecule has 2 amide bonds. The zero-order valence-electron chi connectivity index (χ0n) is 17.7. The van der Waals surface area contributed by atoms with Crippen LogP contribution >= 0.6 is 0 Å². The number of carbonyl (C=O) groups excluding carboxylic acids is 2. The van der Waals surface area contributed by atoms with Crippen LogP contribution in [0.25, 0.3) is 5.69 Å². The van der Waals surface area contributed by atoms with E-state index in [2.05, 4.69) is 10.1 Å². The molecule has 5 rings (SSSR count). The van der Waals surface area contributed by atoms with Crippen molar-refractivity contribution in [3.05, 3.63) is 77.6 Å². The van der Waals surface area contributed by atoms with Gasteiger partial charge in [0.25, 0.3) is 11.8 Å². The number of nitrogens with zero attached hydrogens (tertiary/aromatic N) is 5. The van der Waals surface area contributed by atoms with Crippen molar-refractivity contribution >= 4 is 11.8 Å². The molecule has 2 aromatic carbocycles. The van der Waals surface area contributed by atoms with E-state index in [-0.39, 0.29) is 23.2 Å². The number of carbonyl (C=O) groups is 2. The van der Waals surface area contributed by atoms with Gasteiger partial charge in [0.05, 0.1) is 11.3 Å². The lowest BCUT2D eigenvalue weighted by molar-refractivity contribution is 0.0710. The summed E-state index contributed by atoms with van der Waals surface area (Å²) in [6, 6.07) is 15.7. The third kappa shape index (κ3) is 4.00. The average molecular weight is 433 g/mol. The minimum absolute atomic E-state index is 0.0598. The molecule has 164 valence electrons. The SMILES string of the molecule is O=C(c1nc(C2CC2)n(-c2ccccc2)n1)N1CCCN(C(=O)c2ccccc2F)CC1. The number of hydrogen-bond acceptors (Lipinski definition) is 4. The maximum atomic E-state index is 14.0. The Morgan fingerprint density at radius 1 is 0.844 bits per heavy atom. The zero-order chi connectivity index (χ0) is 22.1. The molecule has 1 saturated heterocycles. The standard InChI is InChI=1S/C24H24FN5O2/c25-20-10-5-4-9-19(20)23(31)28-13-6-14-29(16-15-28)24(32)21-26-22(17-11-12-17)30(27-21)18-7-2-1-3-8-18/h1-5,7-10,17H,6,11-16H2. The molecule has 1 aliphatic carbocycles. The predicted molar refractivity (Wildman–Crippen MR) is 116 cm³/mol. The first-order chi connectivity index (χ1) is 15.6. The quantitative estimate of drug-likeness (QED) is 0.633. The molecule has 32 heavy (non-hydrogen) atoms. The van der Waals surface area contributed by atoms with E-state index in [1.807, 2.05) is 30.3 Å². The highest BCUT2D eigenvalue weighted by Gasteiger charge is 2.33. The highest BCUT2D eigenvalue weighted by atomic mass is 19.1. The number of benzene rings is 2. The van der Waals surface area contributed by atoms with Crippen molar-refractivity contribution in [3.8, 4) is 5.69 Å². The summed E-state index contributed by atoms with van der Waals surface area (Å²) >= 11 is 0. The van der Waals surface area contributed by atoms with E-state index in [0.29, 0.717) is 38.5 Å². The molecular formula is C24H24FN5O2. The first-order valence-corrected chi connectivity index (χ1v) is 11.0. The first-order valence-electron chi connectivity index (χ1n) is 11.0. The van der Waals surface area contributed by atoms with Crippen LogP contribution in [-0.2, 0) is 0 Å². The lowest BCUT2D eigenvalue weighted by Crippen LogP contribution is -2.38. The third-order valence-corrected chi connectivity index (χ3v) is 5.94. The Hall–Kier alpha value is -3.55. The first kappa shape index (κ1) is 20.4. The van der Waals surface area contributed by atoms with Crippen LogP contribution in [0.1, 0.15) is 52.0 Å². The summed E-state index contributed by atoms with van der Waals surface area (Å²) in [6.45, 7) is 1.67. The molecule has 0 N–H and O–H groups in total. The van der Waals surface area contributed by atoms with Crippen LogP contribution in [0.4, 0.5) is 4.39 Å². The van der Waals surface area contributed by atoms with Crippen molar-refractivity contribution in [2.24, 2.45) is 0 Å². The van der Waals surface area contributed by atoms with Gasteiger partial charge < -0.3 is 9.80 Å². The molecule has 1 aliphatic heterocycles. The maximum Gasteiger partial charge on any atom is 0.293 e. The number of hydrogen-bond donors (Lipinski definition) is 0. The van der Waals surface area contributed by atoms with Gasteiger partial charge in [-0.3, -0.25) is 9.59 Å². The summed E-state index contributed by atoms with van der Waals surface area (Å²) in [6.07, 6.45) is 2.72. The van der Waals surface area contributed by atoms with Gasteiger partial charge in [0, 0.05) is 32.1 Å². The molecule has 7 nitrogen and oxygen atoms in total. The van der Waals surface area contributed by atoms with Crippen molar-refractivity contribution in [1.82, 2.24) is 24.6 Å². The number of rotatable bonds is 4. The topological polar surface area (TPSA) is 71.3 Å². The van der Waals surface area contributed by atoms with Crippen molar-refractivity contribution in [3.63, 3.8) is 0 Å². The van der Waals surface area contributed by atoms with Crippen LogP contribution < -0.4 is 0 Å². The van der Waals surface area contributed by atoms with Crippen LogP contribution in [0.2, 0.25) is 0 Å². The summed E-state index contributed by atoms with van der Waals surface area (Å²) in [5, 5.41) is 4.54. The molecule has 0 bridgehead atoms. The van der Waals surface area contributed by atoms with Crippen molar-refractivity contribution in [1.29, 1.82) is 0 Å². The lowest BCUT2D eigenvalue weighted by Gasteiger charge is -2.21. The Bertz CT molecular complexity index is 1140. The second kappa shape index (κ2) is 8.53. The molecule has 0 unspecified atom stereocenters. The molecule has 2 heterocycles. The number of amides is 2. The normalized spacial score (nSPS) is 16.7. The Morgan fingerprint density at radius 2 is 1.50 bits per heavy atom. The Morgan fingerprint density at radius 3 is 2.19 bits per heavy atom. The second-order valence-corrected chi connectivity index (χ2v) is 8.23. The van der Waals surface area contributed by atoms with Gasteiger partial charge in [0.15, 0.2) is 0 Å². The largest absolute Gasteiger partial charge is 0.337 e. The Labute approximate surface area is 185 Å². The van der Waals surface area contributed by atoms with Crippen LogP contribution in [-0.4, -0.2) is 62.6 Å². The van der Waals surface area contributed by atoms with E-state index in [0.717, 1.165) is 24.4 Å². The number of para-hydroxylation sites is 1. The minimum atomic E-state index is -0.530. The second-order valence-electron chi connectivity index (χ2n) is 8.23. The fourth-order valence-corrected chi connectivity index (χ4v) is 4.05. The molecule has 2 fully saturated rings. The summed E-state index contributed by atoms with van der Waals surface area (Å²) < 4.78 is 15.8. The Kier molecular flexibility index (Phi) is 5.43. The van der Waals surface area contributed by atoms with Crippen LogP contribution in [0, 0.1) is 5.82 Å². The molecule has 0 spiro atoms. The molecule has 0 radical (unpaired) electrons. The fourth-order valence-electron chi connectivity index (χ4n) is 4.05. The Balaban J connectivity index is 1.32. The van der Waals surface area contributed by atoms with Crippen LogP contribution in [0.15, 0.2) is 54.6 Å². The van der Waals surface area contributed by atoms with Gasteiger partial charge in [-0.15, -0.1) is 5.10 Å². The third-order valence-electron chi connectivity index (χ3n) is 5.94. The van der Waals surface area contributed by atoms with Gasteiger partial charge in [-0.2, -0.15) is 0 Å². The monoisotopic (exact) mass is 433 g/mol. The van der Waals surface area contributed by atoms with Crippen LogP contribution in [0.3, 0.4) is 0 Å². The number of aromatic nitrogens is 3. The summed E-state index contributed by atoms with van der Waals surface area (Å²) in [5.41, 5.74) is 0.947. The molecular weight excluding hydrogens is 409 g/mol. The van der Waals surface area contributed by atoms with Gasteiger partial charge in [-0.05, 0) is 43.5 Å². The molecule has 8 heteroatoms. The summed E-state index contributed by atoms with van der Waals surface area (Å²) in [4.78, 5) is 33.9. The van der Waals surface area contributed by atoms with Gasteiger partial charge in [0.2, 0.25) is 5.82 Å². The van der Waals surface area contributed by atoms with Gasteiger partial charge >= 0.3 is 0 Å². The van der Waals surface area contributed by atoms with Crippen LogP contribution in [0.5, 0.6) is 0 Å². The van der Waals surface area contributed by atoms with Crippen molar-refractivity contribution < 1.29 is 14.0 Å². The highest BCUT2D eigenvalue weighted by molar-refractivity contribution is 5.94. The van der Waals surface area contributed by atoms with E-state index >= 15 is 0 Å². The molecule has 2 aliphatic rings. The van der Waals surface area contributed by atoms with Crippen molar-refractivity contribution in [2.45, 2.75) is 25.2 Å². The van der Waals surface area contributed by atoms with Crippen molar-refractivity contribution in [2.75, 3.05) is 26.2 Å². The molecule has 3 aromatic rings. The average Bonchev–Trinajstić information content (AvgIpc) is 3.62. The van der Waals surface area contributed by atoms with Gasteiger partial charge in [0.1, 0.15) is 11.6 Å². The zero-order valence-corrected chi connectivity index (χ0v) is 17.7. The van der Waals surface area contributed by atoms with E-state index < -0.39 is 5.82 Å².